The number of halogens is 1. The lowest BCUT2D eigenvalue weighted by Crippen LogP contribution is -2.49. The first kappa shape index (κ1) is 16.9. The smallest absolute Gasteiger partial charge is 0.151 e. The predicted molar refractivity (Wildman–Crippen MR) is 90.5 cm³/mol. The Hall–Kier alpha value is -1.96. The molecule has 1 aliphatic rings. The predicted octanol–water partition coefficient (Wildman–Crippen LogP) is 1.35. The van der Waals surface area contributed by atoms with Crippen LogP contribution in [0.1, 0.15) is 0 Å². The molecule has 130 valence electrons. The standard InChI is InChI=1S/C17H23FN4O2/c1-24-12-13(23)11-21-6-8-22(9-7-21)17-10-16(19-20-17)14-4-2-3-5-15(14)18/h2-5,10,13,23H,6-9,11-12H2,1H3,(H,19,20)/t13-/m1/s1. The molecule has 24 heavy (non-hydrogen) atoms. The number of methoxy groups -OCH3 is 1. The average Bonchev–Trinajstić information content (AvgIpc) is 3.06. The van der Waals surface area contributed by atoms with E-state index in [1.54, 1.807) is 19.2 Å². The molecule has 1 fully saturated rings. The van der Waals surface area contributed by atoms with Crippen LogP contribution in [-0.2, 0) is 4.74 Å². The highest BCUT2D eigenvalue weighted by atomic mass is 19.1. The molecule has 1 atom stereocenters. The Labute approximate surface area is 140 Å². The van der Waals surface area contributed by atoms with Crippen LogP contribution in [-0.4, -0.2) is 72.7 Å². The number of β-amino-alcohol motifs (C(OH)–C–C–N with tert-alkyl or cyclic N) is 1. The second kappa shape index (κ2) is 7.74. The van der Waals surface area contributed by atoms with Gasteiger partial charge in [-0.25, -0.2) is 4.39 Å². The highest BCUT2D eigenvalue weighted by Gasteiger charge is 2.21. The molecule has 0 saturated carbocycles. The fourth-order valence-corrected chi connectivity index (χ4v) is 2.99. The number of hydrogen-bond donors (Lipinski definition) is 2. The molecule has 3 rings (SSSR count). The highest BCUT2D eigenvalue weighted by molar-refractivity contribution is 5.63. The lowest BCUT2D eigenvalue weighted by molar-refractivity contribution is 0.0365. The number of nitrogens with one attached hydrogen (secondary N) is 1. The van der Waals surface area contributed by atoms with Crippen LogP contribution in [0.25, 0.3) is 11.3 Å². The fraction of sp³-hybridized carbons (Fsp3) is 0.471. The van der Waals surface area contributed by atoms with Crippen molar-refractivity contribution >= 4 is 5.82 Å². The van der Waals surface area contributed by atoms with Gasteiger partial charge in [-0.2, -0.15) is 5.10 Å². The van der Waals surface area contributed by atoms with Gasteiger partial charge in [-0.15, -0.1) is 0 Å². The maximum absolute atomic E-state index is 13.9. The zero-order valence-corrected chi connectivity index (χ0v) is 13.8. The Morgan fingerprint density at radius 3 is 2.75 bits per heavy atom. The minimum Gasteiger partial charge on any atom is -0.389 e. The van der Waals surface area contributed by atoms with E-state index >= 15 is 0 Å². The van der Waals surface area contributed by atoms with Gasteiger partial charge in [0.25, 0.3) is 0 Å². The number of ether oxygens (including phenoxy) is 1. The molecule has 0 aliphatic carbocycles. The summed E-state index contributed by atoms with van der Waals surface area (Å²) in [7, 11) is 1.59. The fourth-order valence-electron chi connectivity index (χ4n) is 2.99. The van der Waals surface area contributed by atoms with Crippen molar-refractivity contribution in [2.24, 2.45) is 0 Å². The quantitative estimate of drug-likeness (QED) is 0.835. The number of rotatable bonds is 6. The molecule has 0 amide bonds. The van der Waals surface area contributed by atoms with Gasteiger partial charge >= 0.3 is 0 Å². The average molecular weight is 334 g/mol. The molecule has 7 heteroatoms. The van der Waals surface area contributed by atoms with Gasteiger partial charge in [0, 0.05) is 51.5 Å². The van der Waals surface area contributed by atoms with E-state index in [9.17, 15) is 9.50 Å². The second-order valence-corrected chi connectivity index (χ2v) is 6.02. The van der Waals surface area contributed by atoms with Crippen molar-refractivity contribution in [1.82, 2.24) is 15.1 Å². The van der Waals surface area contributed by atoms with Gasteiger partial charge in [-0.05, 0) is 12.1 Å². The lowest BCUT2D eigenvalue weighted by atomic mass is 10.1. The highest BCUT2D eigenvalue weighted by Crippen LogP contribution is 2.24. The van der Waals surface area contributed by atoms with Crippen molar-refractivity contribution in [1.29, 1.82) is 0 Å². The number of aliphatic hydroxyl groups is 1. The summed E-state index contributed by atoms with van der Waals surface area (Å²) in [6.45, 7) is 4.31. The van der Waals surface area contributed by atoms with Gasteiger partial charge in [-0.3, -0.25) is 10.00 Å². The molecule has 2 heterocycles. The Bertz CT molecular complexity index is 656. The minimum absolute atomic E-state index is 0.260. The van der Waals surface area contributed by atoms with Crippen molar-refractivity contribution in [3.63, 3.8) is 0 Å². The van der Waals surface area contributed by atoms with Gasteiger partial charge in [0.1, 0.15) is 5.82 Å². The van der Waals surface area contributed by atoms with Crippen molar-refractivity contribution in [2.45, 2.75) is 6.10 Å². The molecule has 2 N–H and O–H groups in total. The molecule has 1 aromatic heterocycles. The minimum atomic E-state index is -0.459. The van der Waals surface area contributed by atoms with Crippen LogP contribution in [0.3, 0.4) is 0 Å². The third-order valence-electron chi connectivity index (χ3n) is 4.25. The molecule has 1 aliphatic heterocycles. The van der Waals surface area contributed by atoms with Gasteiger partial charge in [0.15, 0.2) is 5.82 Å². The third kappa shape index (κ3) is 3.92. The molecule has 0 bridgehead atoms. The summed E-state index contributed by atoms with van der Waals surface area (Å²) in [4.78, 5) is 4.38. The van der Waals surface area contributed by atoms with E-state index in [-0.39, 0.29) is 5.82 Å². The van der Waals surface area contributed by atoms with E-state index in [1.165, 1.54) is 6.07 Å². The number of aliphatic hydroxyl groups excluding tert-OH is 1. The van der Waals surface area contributed by atoms with E-state index in [0.29, 0.717) is 24.4 Å². The molecule has 6 nitrogen and oxygen atoms in total. The van der Waals surface area contributed by atoms with Gasteiger partial charge < -0.3 is 14.7 Å². The van der Waals surface area contributed by atoms with Crippen LogP contribution in [0.15, 0.2) is 30.3 Å². The number of nitrogens with zero attached hydrogens (tertiary/aromatic N) is 3. The number of aromatic nitrogens is 2. The monoisotopic (exact) mass is 334 g/mol. The summed E-state index contributed by atoms with van der Waals surface area (Å²) in [6.07, 6.45) is -0.459. The second-order valence-electron chi connectivity index (χ2n) is 6.02. The van der Waals surface area contributed by atoms with E-state index in [0.717, 1.165) is 32.0 Å². The Kier molecular flexibility index (Phi) is 5.44. The number of hydrogen-bond acceptors (Lipinski definition) is 5. The van der Waals surface area contributed by atoms with Crippen molar-refractivity contribution in [3.05, 3.63) is 36.1 Å². The molecule has 2 aromatic rings. The van der Waals surface area contributed by atoms with Crippen LogP contribution in [0.4, 0.5) is 10.2 Å². The van der Waals surface area contributed by atoms with E-state index in [1.807, 2.05) is 12.1 Å². The Morgan fingerprint density at radius 2 is 2.04 bits per heavy atom. The Morgan fingerprint density at radius 1 is 1.29 bits per heavy atom. The topological polar surface area (TPSA) is 64.6 Å². The zero-order chi connectivity index (χ0) is 16.9. The molecule has 1 aromatic carbocycles. The first-order valence-corrected chi connectivity index (χ1v) is 8.12. The SMILES string of the molecule is COC[C@H](O)CN1CCN(c2cc(-c3ccccc3F)[nH]n2)CC1. The molecular weight excluding hydrogens is 311 g/mol. The summed E-state index contributed by atoms with van der Waals surface area (Å²) in [5.74, 6) is 0.565. The van der Waals surface area contributed by atoms with Crippen molar-refractivity contribution in [3.8, 4) is 11.3 Å². The Balaban J connectivity index is 1.59. The molecule has 0 radical (unpaired) electrons. The number of H-pyrrole nitrogens is 1. The summed E-state index contributed by atoms with van der Waals surface area (Å²) in [5, 5.41) is 17.0. The summed E-state index contributed by atoms with van der Waals surface area (Å²) < 4.78 is 18.8. The maximum atomic E-state index is 13.9. The maximum Gasteiger partial charge on any atom is 0.151 e. The van der Waals surface area contributed by atoms with Crippen LogP contribution in [0.5, 0.6) is 0 Å². The van der Waals surface area contributed by atoms with E-state index < -0.39 is 6.10 Å². The van der Waals surface area contributed by atoms with Crippen molar-refractivity contribution < 1.29 is 14.2 Å². The van der Waals surface area contributed by atoms with E-state index in [4.69, 9.17) is 4.74 Å². The van der Waals surface area contributed by atoms with Crippen LogP contribution >= 0.6 is 0 Å². The largest absolute Gasteiger partial charge is 0.389 e. The molecule has 0 unspecified atom stereocenters. The first-order valence-electron chi connectivity index (χ1n) is 8.12. The third-order valence-corrected chi connectivity index (χ3v) is 4.25. The number of piperazine rings is 1. The van der Waals surface area contributed by atoms with Crippen LogP contribution in [0.2, 0.25) is 0 Å². The summed E-state index contributed by atoms with van der Waals surface area (Å²) >= 11 is 0. The summed E-state index contributed by atoms with van der Waals surface area (Å²) in [5.41, 5.74) is 1.21. The van der Waals surface area contributed by atoms with Gasteiger partial charge in [-0.1, -0.05) is 12.1 Å². The summed E-state index contributed by atoms with van der Waals surface area (Å²) in [6, 6.07) is 8.55. The van der Waals surface area contributed by atoms with Gasteiger partial charge in [0.05, 0.1) is 18.4 Å². The molecule has 1 saturated heterocycles. The normalized spacial score (nSPS) is 17.2. The molecular formula is C17H23FN4O2. The number of anilines is 1. The lowest BCUT2D eigenvalue weighted by Gasteiger charge is -2.35. The van der Waals surface area contributed by atoms with Crippen LogP contribution < -0.4 is 4.90 Å². The van der Waals surface area contributed by atoms with Crippen molar-refractivity contribution in [2.75, 3.05) is 51.3 Å². The van der Waals surface area contributed by atoms with E-state index in [2.05, 4.69) is 20.0 Å². The number of aromatic amines is 1. The zero-order valence-electron chi connectivity index (χ0n) is 13.8. The van der Waals surface area contributed by atoms with Crippen LogP contribution in [0, 0.1) is 5.82 Å². The molecule has 0 spiro atoms. The van der Waals surface area contributed by atoms with Gasteiger partial charge in [0.2, 0.25) is 0 Å². The first-order chi connectivity index (χ1) is 11.7. The number of benzene rings is 1.